The van der Waals surface area contributed by atoms with Gasteiger partial charge in [0.1, 0.15) is 0 Å². The van der Waals surface area contributed by atoms with E-state index in [0.29, 0.717) is 13.0 Å². The molecular weight excluding hydrogens is 228 g/mol. The molecule has 3 N–H and O–H groups in total. The number of nitrogens with one attached hydrogen (secondary N) is 2. The Hall–Kier alpha value is -1.55. The van der Waals surface area contributed by atoms with Crippen molar-refractivity contribution in [3.63, 3.8) is 0 Å². The van der Waals surface area contributed by atoms with Crippen LogP contribution in [0.5, 0.6) is 0 Å². The predicted octanol–water partition coefficient (Wildman–Crippen LogP) is 2.53. The molecule has 0 aliphatic carbocycles. The van der Waals surface area contributed by atoms with Crippen LogP contribution in [-0.4, -0.2) is 24.3 Å². The molecule has 0 radical (unpaired) electrons. The van der Waals surface area contributed by atoms with E-state index in [2.05, 4.69) is 10.6 Å². The van der Waals surface area contributed by atoms with Crippen LogP contribution in [0.4, 0.5) is 10.5 Å². The molecule has 1 aromatic rings. The van der Waals surface area contributed by atoms with E-state index in [1.165, 1.54) is 0 Å². The van der Waals surface area contributed by atoms with Crippen LogP contribution in [0.2, 0.25) is 0 Å². The molecule has 0 spiro atoms. The van der Waals surface area contributed by atoms with Crippen LogP contribution < -0.4 is 10.6 Å². The number of rotatable bonds is 5. The van der Waals surface area contributed by atoms with Crippen LogP contribution in [0.1, 0.15) is 25.8 Å². The van der Waals surface area contributed by atoms with Crippen molar-refractivity contribution in [2.75, 3.05) is 18.5 Å². The molecule has 0 fully saturated rings. The Kier molecular flexibility index (Phi) is 5.16. The van der Waals surface area contributed by atoms with Gasteiger partial charge in [-0.25, -0.2) is 4.79 Å². The molecule has 0 aliphatic rings. The van der Waals surface area contributed by atoms with Gasteiger partial charge in [-0.3, -0.25) is 0 Å². The van der Waals surface area contributed by atoms with Gasteiger partial charge in [-0.1, -0.05) is 26.0 Å². The maximum absolute atomic E-state index is 11.7. The van der Waals surface area contributed by atoms with E-state index in [-0.39, 0.29) is 18.1 Å². The quantitative estimate of drug-likeness (QED) is 0.752. The van der Waals surface area contributed by atoms with Gasteiger partial charge in [0.05, 0.1) is 0 Å². The van der Waals surface area contributed by atoms with Crippen LogP contribution in [0.25, 0.3) is 0 Å². The molecule has 2 amide bonds. The lowest BCUT2D eigenvalue weighted by Gasteiger charge is -2.23. The first kappa shape index (κ1) is 14.5. The minimum absolute atomic E-state index is 0.0985. The van der Waals surface area contributed by atoms with E-state index in [9.17, 15) is 4.79 Å². The summed E-state index contributed by atoms with van der Waals surface area (Å²) in [5, 5.41) is 14.5. The monoisotopic (exact) mass is 250 g/mol. The van der Waals surface area contributed by atoms with E-state index in [1.807, 2.05) is 45.0 Å². The molecule has 1 aromatic carbocycles. The number of hydrogen-bond acceptors (Lipinski definition) is 2. The lowest BCUT2D eigenvalue weighted by Crippen LogP contribution is -2.37. The number of benzene rings is 1. The standard InChI is InChI=1S/C14H22N2O2/c1-11-5-4-6-12(9-11)16-13(18)15-10-14(2,3)7-8-17/h4-6,9,17H,7-8,10H2,1-3H3,(H2,15,16,18). The number of hydrogen-bond donors (Lipinski definition) is 3. The van der Waals surface area contributed by atoms with E-state index in [1.54, 1.807) is 0 Å². The van der Waals surface area contributed by atoms with Crippen molar-refractivity contribution in [3.8, 4) is 0 Å². The van der Waals surface area contributed by atoms with Crippen LogP contribution in [-0.2, 0) is 0 Å². The molecule has 0 aromatic heterocycles. The summed E-state index contributed by atoms with van der Waals surface area (Å²) in [4.78, 5) is 11.7. The van der Waals surface area contributed by atoms with Crippen molar-refractivity contribution < 1.29 is 9.90 Å². The van der Waals surface area contributed by atoms with Gasteiger partial charge in [-0.2, -0.15) is 0 Å². The molecule has 18 heavy (non-hydrogen) atoms. The van der Waals surface area contributed by atoms with Gasteiger partial charge < -0.3 is 15.7 Å². The Morgan fingerprint density at radius 1 is 1.39 bits per heavy atom. The highest BCUT2D eigenvalue weighted by molar-refractivity contribution is 5.89. The zero-order valence-corrected chi connectivity index (χ0v) is 11.3. The van der Waals surface area contributed by atoms with Crippen molar-refractivity contribution in [3.05, 3.63) is 29.8 Å². The molecule has 0 saturated heterocycles. The number of amides is 2. The van der Waals surface area contributed by atoms with Crippen molar-refractivity contribution in [1.29, 1.82) is 0 Å². The highest BCUT2D eigenvalue weighted by atomic mass is 16.3. The first-order chi connectivity index (χ1) is 8.43. The molecule has 4 nitrogen and oxygen atoms in total. The average molecular weight is 250 g/mol. The first-order valence-electron chi connectivity index (χ1n) is 6.15. The Morgan fingerprint density at radius 2 is 2.11 bits per heavy atom. The summed E-state index contributed by atoms with van der Waals surface area (Å²) < 4.78 is 0. The molecule has 0 heterocycles. The van der Waals surface area contributed by atoms with Gasteiger partial charge in [-0.15, -0.1) is 0 Å². The van der Waals surface area contributed by atoms with Gasteiger partial charge in [0.25, 0.3) is 0 Å². The third-order valence-electron chi connectivity index (χ3n) is 2.79. The molecule has 1 rings (SSSR count). The molecule has 0 bridgehead atoms. The van der Waals surface area contributed by atoms with E-state index in [4.69, 9.17) is 5.11 Å². The van der Waals surface area contributed by atoms with Gasteiger partial charge in [0, 0.05) is 18.8 Å². The highest BCUT2D eigenvalue weighted by Crippen LogP contribution is 2.18. The number of anilines is 1. The lowest BCUT2D eigenvalue weighted by atomic mass is 9.90. The number of aryl methyl sites for hydroxylation is 1. The topological polar surface area (TPSA) is 61.4 Å². The van der Waals surface area contributed by atoms with Gasteiger partial charge in [0.2, 0.25) is 0 Å². The van der Waals surface area contributed by atoms with Crippen molar-refractivity contribution in [1.82, 2.24) is 5.32 Å². The maximum atomic E-state index is 11.7. The molecule has 0 saturated carbocycles. The summed E-state index contributed by atoms with van der Waals surface area (Å²) in [5.74, 6) is 0. The molecule has 0 unspecified atom stereocenters. The van der Waals surface area contributed by atoms with Gasteiger partial charge >= 0.3 is 6.03 Å². The lowest BCUT2D eigenvalue weighted by molar-refractivity contribution is 0.204. The fourth-order valence-corrected chi connectivity index (χ4v) is 1.61. The van der Waals surface area contributed by atoms with E-state index < -0.39 is 0 Å². The highest BCUT2D eigenvalue weighted by Gasteiger charge is 2.17. The number of urea groups is 1. The fraction of sp³-hybridized carbons (Fsp3) is 0.500. The number of aliphatic hydroxyl groups is 1. The average Bonchev–Trinajstić information content (AvgIpc) is 2.26. The Bertz CT molecular complexity index is 403. The molecule has 0 aliphatic heterocycles. The predicted molar refractivity (Wildman–Crippen MR) is 73.7 cm³/mol. The second kappa shape index (κ2) is 6.40. The van der Waals surface area contributed by atoms with Crippen molar-refractivity contribution in [2.24, 2.45) is 5.41 Å². The second-order valence-corrected chi connectivity index (χ2v) is 5.31. The third-order valence-corrected chi connectivity index (χ3v) is 2.79. The third kappa shape index (κ3) is 5.19. The zero-order valence-electron chi connectivity index (χ0n) is 11.3. The summed E-state index contributed by atoms with van der Waals surface area (Å²) in [7, 11) is 0. The zero-order chi connectivity index (χ0) is 13.6. The normalized spacial score (nSPS) is 11.1. The van der Waals surface area contributed by atoms with Crippen molar-refractivity contribution >= 4 is 11.7 Å². The minimum Gasteiger partial charge on any atom is -0.396 e. The Morgan fingerprint density at radius 3 is 2.72 bits per heavy atom. The molecular formula is C14H22N2O2. The molecule has 100 valence electrons. The number of carbonyl (C=O) groups excluding carboxylic acids is 1. The summed E-state index contributed by atoms with van der Waals surface area (Å²) in [6.45, 7) is 6.67. The minimum atomic E-state index is -0.216. The van der Waals surface area contributed by atoms with Crippen LogP contribution in [0.15, 0.2) is 24.3 Å². The maximum Gasteiger partial charge on any atom is 0.319 e. The molecule has 0 atom stereocenters. The second-order valence-electron chi connectivity index (χ2n) is 5.31. The summed E-state index contributed by atoms with van der Waals surface area (Å²) >= 11 is 0. The Balaban J connectivity index is 2.43. The van der Waals surface area contributed by atoms with Crippen LogP contribution in [0, 0.1) is 12.3 Å². The summed E-state index contributed by atoms with van der Waals surface area (Å²) in [5.41, 5.74) is 1.79. The fourth-order valence-electron chi connectivity index (χ4n) is 1.61. The van der Waals surface area contributed by atoms with Crippen LogP contribution in [0.3, 0.4) is 0 Å². The summed E-state index contributed by atoms with van der Waals surface area (Å²) in [6, 6.07) is 7.43. The Labute approximate surface area is 108 Å². The number of carbonyl (C=O) groups is 1. The van der Waals surface area contributed by atoms with Gasteiger partial charge in [0.15, 0.2) is 0 Å². The first-order valence-corrected chi connectivity index (χ1v) is 6.15. The van der Waals surface area contributed by atoms with Gasteiger partial charge in [-0.05, 0) is 36.5 Å². The summed E-state index contributed by atoms with van der Waals surface area (Å²) in [6.07, 6.45) is 0.664. The van der Waals surface area contributed by atoms with E-state index in [0.717, 1.165) is 11.3 Å². The van der Waals surface area contributed by atoms with E-state index >= 15 is 0 Å². The number of aliphatic hydroxyl groups excluding tert-OH is 1. The molecule has 4 heteroatoms. The van der Waals surface area contributed by atoms with Crippen LogP contribution >= 0.6 is 0 Å². The largest absolute Gasteiger partial charge is 0.396 e. The van der Waals surface area contributed by atoms with Crippen molar-refractivity contribution in [2.45, 2.75) is 27.2 Å². The SMILES string of the molecule is Cc1cccc(NC(=O)NCC(C)(C)CCO)c1. The smallest absolute Gasteiger partial charge is 0.319 e.